The third-order valence-electron chi connectivity index (χ3n) is 6.38. The van der Waals surface area contributed by atoms with E-state index < -0.39 is 0 Å². The van der Waals surface area contributed by atoms with Gasteiger partial charge in [-0.05, 0) is 61.2 Å². The van der Waals surface area contributed by atoms with Crippen molar-refractivity contribution in [2.75, 3.05) is 11.4 Å². The number of hydrogen-bond donors (Lipinski definition) is 1. The molecule has 2 aliphatic rings. The molecule has 1 fully saturated rings. The summed E-state index contributed by atoms with van der Waals surface area (Å²) in [6, 6.07) is 20.9. The van der Waals surface area contributed by atoms with Crippen LogP contribution in [0.3, 0.4) is 0 Å². The number of benzene rings is 1. The maximum Gasteiger partial charge on any atom is 0.276 e. The Morgan fingerprint density at radius 3 is 2.72 bits per heavy atom. The Kier molecular flexibility index (Phi) is 5.55. The van der Waals surface area contributed by atoms with E-state index >= 15 is 0 Å². The van der Waals surface area contributed by atoms with Crippen molar-refractivity contribution in [3.8, 4) is 27.8 Å². The average Bonchev–Trinajstić information content (AvgIpc) is 3.67. The van der Waals surface area contributed by atoms with Crippen molar-refractivity contribution >= 4 is 28.8 Å². The summed E-state index contributed by atoms with van der Waals surface area (Å²) < 4.78 is 0. The molecule has 2 amide bonds. The zero-order valence-corrected chi connectivity index (χ0v) is 20.1. The van der Waals surface area contributed by atoms with Gasteiger partial charge in [0.05, 0.1) is 16.3 Å². The van der Waals surface area contributed by atoms with Crippen molar-refractivity contribution in [1.29, 1.82) is 5.26 Å². The van der Waals surface area contributed by atoms with E-state index in [2.05, 4.69) is 15.3 Å². The fourth-order valence-electron chi connectivity index (χ4n) is 4.37. The van der Waals surface area contributed by atoms with E-state index in [1.54, 1.807) is 35.4 Å². The van der Waals surface area contributed by atoms with E-state index in [-0.39, 0.29) is 11.8 Å². The van der Waals surface area contributed by atoms with Crippen molar-refractivity contribution < 1.29 is 9.59 Å². The number of nitrogens with zero attached hydrogens (tertiary/aromatic N) is 4. The minimum Gasteiger partial charge on any atom is -0.349 e. The van der Waals surface area contributed by atoms with Gasteiger partial charge in [-0.25, -0.2) is 9.97 Å². The Morgan fingerprint density at radius 2 is 1.94 bits per heavy atom. The van der Waals surface area contributed by atoms with E-state index in [1.807, 2.05) is 42.5 Å². The highest BCUT2D eigenvalue weighted by molar-refractivity contribution is 7.17. The lowest BCUT2D eigenvalue weighted by Crippen LogP contribution is -2.33. The molecule has 4 aromatic rings. The molecule has 0 atom stereocenters. The zero-order valence-electron chi connectivity index (χ0n) is 19.3. The van der Waals surface area contributed by atoms with Crippen LogP contribution in [0.1, 0.15) is 44.3 Å². The van der Waals surface area contributed by atoms with E-state index in [1.165, 1.54) is 11.3 Å². The van der Waals surface area contributed by atoms with Crippen LogP contribution in [-0.4, -0.2) is 34.4 Å². The summed E-state index contributed by atoms with van der Waals surface area (Å²) in [5.74, 6) is -0.202. The smallest absolute Gasteiger partial charge is 0.276 e. The van der Waals surface area contributed by atoms with Crippen LogP contribution in [0.2, 0.25) is 0 Å². The number of fused-ring (bicyclic) bond motifs is 3. The molecule has 0 spiro atoms. The van der Waals surface area contributed by atoms with Crippen molar-refractivity contribution in [3.63, 3.8) is 0 Å². The van der Waals surface area contributed by atoms with Gasteiger partial charge in [0.2, 0.25) is 0 Å². The number of nitriles is 1. The summed E-state index contributed by atoms with van der Waals surface area (Å²) in [6.07, 6.45) is 4.33. The third kappa shape index (κ3) is 4.14. The van der Waals surface area contributed by atoms with Crippen molar-refractivity contribution in [2.24, 2.45) is 0 Å². The topological polar surface area (TPSA) is 99.0 Å². The van der Waals surface area contributed by atoms with Gasteiger partial charge in [0, 0.05) is 34.8 Å². The molecule has 3 aromatic heterocycles. The summed E-state index contributed by atoms with van der Waals surface area (Å²) in [5, 5.41) is 12.1. The second-order valence-electron chi connectivity index (χ2n) is 8.89. The second kappa shape index (κ2) is 9.02. The quantitative estimate of drug-likeness (QED) is 0.440. The van der Waals surface area contributed by atoms with Crippen molar-refractivity contribution in [1.82, 2.24) is 15.3 Å². The Balaban J connectivity index is 1.32. The first-order valence-corrected chi connectivity index (χ1v) is 12.6. The first kappa shape index (κ1) is 22.1. The SMILES string of the molecule is N#Cc1ccc(-c2cccc(C(=O)N3CCc4cc(C(=O)NC5CC5)sc4-c4ccccc43)n2)cn1. The van der Waals surface area contributed by atoms with Crippen LogP contribution < -0.4 is 10.2 Å². The van der Waals surface area contributed by atoms with Gasteiger partial charge in [0.25, 0.3) is 11.8 Å². The summed E-state index contributed by atoms with van der Waals surface area (Å²) in [7, 11) is 0. The van der Waals surface area contributed by atoms with Crippen LogP contribution >= 0.6 is 11.3 Å². The molecule has 4 heterocycles. The Hall–Kier alpha value is -4.35. The van der Waals surface area contributed by atoms with Gasteiger partial charge in [0.1, 0.15) is 17.5 Å². The molecule has 1 saturated carbocycles. The molecule has 0 unspecified atom stereocenters. The molecule has 176 valence electrons. The monoisotopic (exact) mass is 491 g/mol. The summed E-state index contributed by atoms with van der Waals surface area (Å²) >= 11 is 1.49. The predicted molar refractivity (Wildman–Crippen MR) is 138 cm³/mol. The number of nitrogens with one attached hydrogen (secondary N) is 1. The van der Waals surface area contributed by atoms with Gasteiger partial charge in [-0.1, -0.05) is 24.3 Å². The first-order chi connectivity index (χ1) is 17.6. The molecule has 0 saturated heterocycles. The number of carbonyl (C=O) groups excluding carboxylic acids is 2. The summed E-state index contributed by atoms with van der Waals surface area (Å²) in [6.45, 7) is 0.480. The first-order valence-electron chi connectivity index (χ1n) is 11.8. The minimum atomic E-state index is -0.187. The maximum atomic E-state index is 13.7. The average molecular weight is 492 g/mol. The summed E-state index contributed by atoms with van der Waals surface area (Å²) in [4.78, 5) is 38.6. The lowest BCUT2D eigenvalue weighted by Gasteiger charge is -2.23. The fraction of sp³-hybridized carbons (Fsp3) is 0.179. The van der Waals surface area contributed by atoms with Gasteiger partial charge in [-0.15, -0.1) is 11.3 Å². The van der Waals surface area contributed by atoms with Gasteiger partial charge in [-0.2, -0.15) is 5.26 Å². The standard InChI is InChI=1S/C28H21N5O2S/c29-15-20-9-8-18(16-30-20)22-5-3-6-23(32-22)28(35)33-13-12-17-14-25(27(34)31-19-10-11-19)36-26(17)21-4-1-2-7-24(21)33/h1-9,14,16,19H,10-13H2,(H,31,34). The molecule has 1 aromatic carbocycles. The minimum absolute atomic E-state index is 0.0145. The van der Waals surface area contributed by atoms with E-state index in [0.29, 0.717) is 41.0 Å². The Bertz CT molecular complexity index is 1530. The zero-order chi connectivity index (χ0) is 24.6. The molecule has 6 rings (SSSR count). The molecule has 0 radical (unpaired) electrons. The number of carbonyl (C=O) groups is 2. The molecule has 1 aliphatic carbocycles. The molecule has 1 aliphatic heterocycles. The lowest BCUT2D eigenvalue weighted by molar-refractivity contribution is 0.0952. The highest BCUT2D eigenvalue weighted by Gasteiger charge is 2.29. The van der Waals surface area contributed by atoms with Crippen LogP contribution in [0.4, 0.5) is 5.69 Å². The fourth-order valence-corrected chi connectivity index (χ4v) is 5.51. The number of pyridine rings is 2. The molecule has 8 heteroatoms. The van der Waals surface area contributed by atoms with Crippen molar-refractivity contribution in [3.05, 3.63) is 88.7 Å². The Labute approximate surface area is 212 Å². The summed E-state index contributed by atoms with van der Waals surface area (Å²) in [5.41, 5.74) is 4.85. The van der Waals surface area contributed by atoms with Crippen LogP contribution in [0, 0.1) is 11.3 Å². The third-order valence-corrected chi connectivity index (χ3v) is 7.59. The van der Waals surface area contributed by atoms with Crippen LogP contribution in [0.25, 0.3) is 21.7 Å². The highest BCUT2D eigenvalue weighted by atomic mass is 32.1. The number of rotatable bonds is 4. The Morgan fingerprint density at radius 1 is 1.08 bits per heavy atom. The van der Waals surface area contributed by atoms with Gasteiger partial charge < -0.3 is 10.2 Å². The van der Waals surface area contributed by atoms with Crippen molar-refractivity contribution in [2.45, 2.75) is 25.3 Å². The number of para-hydroxylation sites is 1. The van der Waals surface area contributed by atoms with Gasteiger partial charge in [0.15, 0.2) is 0 Å². The van der Waals surface area contributed by atoms with Crippen LogP contribution in [-0.2, 0) is 6.42 Å². The van der Waals surface area contributed by atoms with E-state index in [9.17, 15) is 9.59 Å². The molecular formula is C28H21N5O2S. The van der Waals surface area contributed by atoms with Gasteiger partial charge >= 0.3 is 0 Å². The molecular weight excluding hydrogens is 470 g/mol. The predicted octanol–water partition coefficient (Wildman–Crippen LogP) is 4.84. The number of aromatic nitrogens is 2. The highest BCUT2D eigenvalue weighted by Crippen LogP contribution is 2.42. The van der Waals surface area contributed by atoms with Crippen LogP contribution in [0.15, 0.2) is 66.9 Å². The normalized spacial score (nSPS) is 14.2. The molecule has 0 bridgehead atoms. The number of thiophene rings is 1. The maximum absolute atomic E-state index is 13.7. The molecule has 7 nitrogen and oxygen atoms in total. The van der Waals surface area contributed by atoms with E-state index in [0.717, 1.165) is 40.1 Å². The number of amides is 2. The largest absolute Gasteiger partial charge is 0.349 e. The van der Waals surface area contributed by atoms with Crippen LogP contribution in [0.5, 0.6) is 0 Å². The number of hydrogen-bond acceptors (Lipinski definition) is 6. The molecule has 36 heavy (non-hydrogen) atoms. The lowest BCUT2D eigenvalue weighted by atomic mass is 10.1. The van der Waals surface area contributed by atoms with E-state index in [4.69, 9.17) is 5.26 Å². The second-order valence-corrected chi connectivity index (χ2v) is 9.94. The van der Waals surface area contributed by atoms with Gasteiger partial charge in [-0.3, -0.25) is 9.59 Å². The molecule has 1 N–H and O–H groups in total. The number of anilines is 1.